The smallest absolute Gasteiger partial charge is 0.269 e. The highest BCUT2D eigenvalue weighted by molar-refractivity contribution is 7.92. The van der Waals surface area contributed by atoms with Crippen molar-refractivity contribution >= 4 is 15.7 Å². The molecule has 0 unspecified atom stereocenters. The van der Waals surface area contributed by atoms with E-state index in [4.69, 9.17) is 4.74 Å². The lowest BCUT2D eigenvalue weighted by Crippen LogP contribution is -2.39. The average Bonchev–Trinajstić information content (AvgIpc) is 2.47. The lowest BCUT2D eigenvalue weighted by molar-refractivity contribution is 0.316. The first-order valence-corrected chi connectivity index (χ1v) is 7.46. The number of sulfonamides is 1. The van der Waals surface area contributed by atoms with E-state index < -0.39 is 15.5 Å². The highest BCUT2D eigenvalue weighted by Gasteiger charge is 2.31. The number of benzene rings is 1. The van der Waals surface area contributed by atoms with E-state index in [1.165, 1.54) is 22.8 Å². The van der Waals surface area contributed by atoms with Crippen molar-refractivity contribution in [3.8, 4) is 5.75 Å². The number of H-pyrrole nitrogens is 1. The maximum absolute atomic E-state index is 12.6. The van der Waals surface area contributed by atoms with Crippen molar-refractivity contribution in [1.29, 1.82) is 0 Å². The summed E-state index contributed by atoms with van der Waals surface area (Å²) in [6, 6.07) is 8.05. The number of hydrogen-bond acceptors (Lipinski definition) is 4. The molecular weight excluding hydrogens is 280 g/mol. The minimum atomic E-state index is -3.90. The van der Waals surface area contributed by atoms with Crippen molar-refractivity contribution < 1.29 is 13.2 Å². The Labute approximate surface area is 115 Å². The maximum Gasteiger partial charge on any atom is 0.269 e. The SMILES string of the molecule is O=c1cc[nH]cc1S(=O)(=O)N1CCOc2ccccc21. The quantitative estimate of drug-likeness (QED) is 0.894. The standard InChI is InChI=1S/C13H12N2O4S/c16-11-5-6-14-9-13(11)20(17,18)15-7-8-19-12-4-2-1-3-10(12)15/h1-6,9H,7-8H2,(H,14,16). The van der Waals surface area contributed by atoms with Crippen molar-refractivity contribution in [2.75, 3.05) is 17.5 Å². The Hall–Kier alpha value is -2.28. The van der Waals surface area contributed by atoms with E-state index in [0.717, 1.165) is 0 Å². The predicted molar refractivity (Wildman–Crippen MR) is 73.5 cm³/mol. The van der Waals surface area contributed by atoms with Gasteiger partial charge in [-0.15, -0.1) is 0 Å². The first-order valence-electron chi connectivity index (χ1n) is 6.02. The highest BCUT2D eigenvalue weighted by Crippen LogP contribution is 2.34. The van der Waals surface area contributed by atoms with Crippen LogP contribution < -0.4 is 14.5 Å². The van der Waals surface area contributed by atoms with E-state index in [9.17, 15) is 13.2 Å². The van der Waals surface area contributed by atoms with Gasteiger partial charge in [-0.1, -0.05) is 12.1 Å². The van der Waals surface area contributed by atoms with Crippen molar-refractivity contribution in [3.63, 3.8) is 0 Å². The predicted octanol–water partition coefficient (Wildman–Crippen LogP) is 0.963. The molecule has 2 aromatic rings. The lowest BCUT2D eigenvalue weighted by atomic mass is 10.2. The molecule has 0 saturated heterocycles. The molecule has 0 atom stereocenters. The molecule has 1 aromatic heterocycles. The summed E-state index contributed by atoms with van der Waals surface area (Å²) in [4.78, 5) is 14.1. The fraction of sp³-hybridized carbons (Fsp3) is 0.154. The first-order chi connectivity index (χ1) is 9.60. The van der Waals surface area contributed by atoms with Gasteiger partial charge in [0.15, 0.2) is 4.90 Å². The molecule has 20 heavy (non-hydrogen) atoms. The van der Waals surface area contributed by atoms with Gasteiger partial charge in [-0.05, 0) is 12.1 Å². The third-order valence-corrected chi connectivity index (χ3v) is 4.88. The van der Waals surface area contributed by atoms with Crippen LogP contribution in [0.3, 0.4) is 0 Å². The van der Waals surface area contributed by atoms with Crippen molar-refractivity contribution in [2.24, 2.45) is 0 Å². The van der Waals surface area contributed by atoms with E-state index >= 15 is 0 Å². The summed E-state index contributed by atoms with van der Waals surface area (Å²) < 4.78 is 31.9. The number of nitrogens with one attached hydrogen (secondary N) is 1. The molecule has 1 aromatic carbocycles. The number of aromatic amines is 1. The Balaban J connectivity index is 2.15. The topological polar surface area (TPSA) is 79.5 Å². The number of fused-ring (bicyclic) bond motifs is 1. The van der Waals surface area contributed by atoms with Crippen LogP contribution in [-0.4, -0.2) is 26.6 Å². The van der Waals surface area contributed by atoms with Crippen LogP contribution >= 0.6 is 0 Å². The monoisotopic (exact) mass is 292 g/mol. The largest absolute Gasteiger partial charge is 0.489 e. The molecular formula is C13H12N2O4S. The van der Waals surface area contributed by atoms with Crippen LogP contribution in [0.15, 0.2) is 52.4 Å². The molecule has 7 heteroatoms. The third-order valence-electron chi connectivity index (χ3n) is 3.04. The summed E-state index contributed by atoms with van der Waals surface area (Å²) in [5, 5.41) is 0. The number of anilines is 1. The Kier molecular flexibility index (Phi) is 2.98. The maximum atomic E-state index is 12.6. The van der Waals surface area contributed by atoms with Crippen molar-refractivity contribution in [1.82, 2.24) is 4.98 Å². The number of aromatic nitrogens is 1. The van der Waals surface area contributed by atoms with Gasteiger partial charge in [0, 0.05) is 18.5 Å². The Morgan fingerprint density at radius 3 is 2.80 bits per heavy atom. The summed E-state index contributed by atoms with van der Waals surface area (Å²) in [6.07, 6.45) is 2.60. The zero-order valence-corrected chi connectivity index (χ0v) is 11.3. The van der Waals surface area contributed by atoms with Crippen LogP contribution in [0.2, 0.25) is 0 Å². The molecule has 0 amide bonds. The molecule has 0 fully saturated rings. The minimum absolute atomic E-state index is 0.174. The molecule has 104 valence electrons. The number of nitrogens with zero attached hydrogens (tertiary/aromatic N) is 1. The molecule has 2 heterocycles. The fourth-order valence-electron chi connectivity index (χ4n) is 2.12. The van der Waals surface area contributed by atoms with E-state index in [1.54, 1.807) is 24.3 Å². The normalized spacial score (nSPS) is 14.5. The number of ether oxygens (including phenoxy) is 1. The van der Waals surface area contributed by atoms with E-state index in [0.29, 0.717) is 11.4 Å². The minimum Gasteiger partial charge on any atom is -0.489 e. The number of para-hydroxylation sites is 2. The lowest BCUT2D eigenvalue weighted by Gasteiger charge is -2.30. The molecule has 0 bridgehead atoms. The van der Waals surface area contributed by atoms with Crippen LogP contribution in [0, 0.1) is 0 Å². The summed E-state index contributed by atoms with van der Waals surface area (Å²) in [7, 11) is -3.90. The zero-order valence-electron chi connectivity index (χ0n) is 10.4. The van der Waals surface area contributed by atoms with Gasteiger partial charge < -0.3 is 9.72 Å². The highest BCUT2D eigenvalue weighted by atomic mass is 32.2. The number of pyridine rings is 1. The molecule has 1 N–H and O–H groups in total. The average molecular weight is 292 g/mol. The molecule has 1 aliphatic rings. The van der Waals surface area contributed by atoms with Gasteiger partial charge in [0.05, 0.1) is 12.2 Å². The molecule has 1 aliphatic heterocycles. The second-order valence-electron chi connectivity index (χ2n) is 4.27. The summed E-state index contributed by atoms with van der Waals surface area (Å²) >= 11 is 0. The van der Waals surface area contributed by atoms with Crippen LogP contribution in [0.1, 0.15) is 0 Å². The summed E-state index contributed by atoms with van der Waals surface area (Å²) in [5.41, 5.74) is -0.0882. The van der Waals surface area contributed by atoms with Crippen LogP contribution in [0.5, 0.6) is 5.75 Å². The second-order valence-corrected chi connectivity index (χ2v) is 6.10. The Morgan fingerprint density at radius 2 is 2.00 bits per heavy atom. The second kappa shape index (κ2) is 4.68. The third kappa shape index (κ3) is 1.96. The van der Waals surface area contributed by atoms with Crippen LogP contribution in [-0.2, 0) is 10.0 Å². The van der Waals surface area contributed by atoms with Crippen LogP contribution in [0.25, 0.3) is 0 Å². The van der Waals surface area contributed by atoms with Crippen molar-refractivity contribution in [3.05, 3.63) is 52.9 Å². The first kappa shape index (κ1) is 12.7. The summed E-state index contributed by atoms with van der Waals surface area (Å²) in [6.45, 7) is 0.425. The van der Waals surface area contributed by atoms with Gasteiger partial charge in [-0.25, -0.2) is 8.42 Å². The molecule has 0 radical (unpaired) electrons. The Morgan fingerprint density at radius 1 is 1.20 bits per heavy atom. The molecule has 0 spiro atoms. The van der Waals surface area contributed by atoms with Gasteiger partial charge in [-0.2, -0.15) is 0 Å². The van der Waals surface area contributed by atoms with Gasteiger partial charge in [0.2, 0.25) is 5.43 Å². The molecule has 3 rings (SSSR count). The molecule has 0 saturated carbocycles. The van der Waals surface area contributed by atoms with E-state index in [1.807, 2.05) is 0 Å². The number of rotatable bonds is 2. The van der Waals surface area contributed by atoms with Gasteiger partial charge in [0.1, 0.15) is 12.4 Å². The van der Waals surface area contributed by atoms with E-state index in [-0.39, 0.29) is 18.0 Å². The Bertz CT molecular complexity index is 798. The molecule has 6 nitrogen and oxygen atoms in total. The van der Waals surface area contributed by atoms with E-state index in [2.05, 4.69) is 4.98 Å². The van der Waals surface area contributed by atoms with Gasteiger partial charge in [0.25, 0.3) is 10.0 Å². The van der Waals surface area contributed by atoms with Crippen LogP contribution in [0.4, 0.5) is 5.69 Å². The number of hydrogen-bond donors (Lipinski definition) is 1. The molecule has 0 aliphatic carbocycles. The van der Waals surface area contributed by atoms with Gasteiger partial charge >= 0.3 is 0 Å². The zero-order chi connectivity index (χ0) is 14.2. The summed E-state index contributed by atoms with van der Waals surface area (Å²) in [5.74, 6) is 0.495. The fourth-order valence-corrected chi connectivity index (χ4v) is 3.62. The van der Waals surface area contributed by atoms with Gasteiger partial charge in [-0.3, -0.25) is 9.10 Å². The van der Waals surface area contributed by atoms with Crippen molar-refractivity contribution in [2.45, 2.75) is 4.90 Å².